The Hall–Kier alpha value is -3.04. The van der Waals surface area contributed by atoms with Crippen molar-refractivity contribution in [2.45, 2.75) is 25.2 Å². The molecule has 170 valence electrons. The van der Waals surface area contributed by atoms with Gasteiger partial charge >= 0.3 is 0 Å². The van der Waals surface area contributed by atoms with E-state index in [9.17, 15) is 19.7 Å². The highest BCUT2D eigenvalue weighted by atomic mass is 19.1. The van der Waals surface area contributed by atoms with Gasteiger partial charge in [0.25, 0.3) is 0 Å². The molecule has 7 nitrogen and oxygen atoms in total. The molecule has 0 radical (unpaired) electrons. The third kappa shape index (κ3) is 5.80. The highest BCUT2D eigenvalue weighted by Gasteiger charge is 2.16. The van der Waals surface area contributed by atoms with Crippen molar-refractivity contribution in [2.24, 2.45) is 5.73 Å². The number of nitrogens with two attached hydrogens (primary N) is 1. The fraction of sp³-hybridized carbons (Fsp3) is 0.292. The zero-order valence-electron chi connectivity index (χ0n) is 17.8. The van der Waals surface area contributed by atoms with Gasteiger partial charge < -0.3 is 30.4 Å². The maximum absolute atomic E-state index is 14.9. The molecule has 0 bridgehead atoms. The molecule has 0 saturated heterocycles. The first-order valence-corrected chi connectivity index (χ1v) is 10.3. The lowest BCUT2D eigenvalue weighted by Gasteiger charge is -2.17. The quantitative estimate of drug-likeness (QED) is 0.385. The molecule has 32 heavy (non-hydrogen) atoms. The van der Waals surface area contributed by atoms with Crippen molar-refractivity contribution in [1.82, 2.24) is 9.55 Å². The largest absolute Gasteiger partial charge is 0.491 e. The predicted octanol–water partition coefficient (Wildman–Crippen LogP) is 2.85. The topological polar surface area (TPSA) is 114 Å². The van der Waals surface area contributed by atoms with Crippen LogP contribution in [0.25, 0.3) is 17.0 Å². The minimum absolute atomic E-state index is 0.128. The molecule has 0 unspecified atom stereocenters. The smallest absolute Gasteiger partial charge is 0.137 e. The summed E-state index contributed by atoms with van der Waals surface area (Å²) in [6.07, 6.45) is 2.87. The van der Waals surface area contributed by atoms with Crippen LogP contribution in [0.1, 0.15) is 30.5 Å². The fourth-order valence-corrected chi connectivity index (χ4v) is 3.24. The lowest BCUT2D eigenvalue weighted by Crippen LogP contribution is -2.26. The fourth-order valence-electron chi connectivity index (χ4n) is 3.24. The van der Waals surface area contributed by atoms with Crippen molar-refractivity contribution < 1.29 is 24.4 Å². The Bertz CT molecular complexity index is 1020. The molecule has 0 saturated carbocycles. The lowest BCUT2D eigenvalue weighted by molar-refractivity contribution is 0.114. The van der Waals surface area contributed by atoms with Crippen LogP contribution < -0.4 is 10.5 Å². The molecule has 5 N–H and O–H groups in total. The number of nitrogens with zero attached hydrogens (tertiary/aromatic N) is 2. The molecule has 1 aromatic heterocycles. The van der Waals surface area contributed by atoms with Crippen molar-refractivity contribution in [3.8, 4) is 16.9 Å². The minimum Gasteiger partial charge on any atom is -0.491 e. The van der Waals surface area contributed by atoms with Gasteiger partial charge in [0, 0.05) is 24.5 Å². The van der Waals surface area contributed by atoms with Crippen LogP contribution in [0.3, 0.4) is 0 Å². The standard InChI is InChI=1S/C24H28FN3O4/c1-16(30)24-27-10-11-28(24)20(14-29)12-23(25)19-4-2-17(3-5-19)18-6-8-22(9-7-18)32-15-21(31)13-26/h2-12,16,20-21,29-31H,13-15,26H2,1H3/b23-12-/t16-,20-,21-/m0/s1. The van der Waals surface area contributed by atoms with Crippen LogP contribution in [0.2, 0.25) is 0 Å². The zero-order valence-corrected chi connectivity index (χ0v) is 17.8. The maximum Gasteiger partial charge on any atom is 0.137 e. The Morgan fingerprint density at radius 2 is 1.75 bits per heavy atom. The van der Waals surface area contributed by atoms with Gasteiger partial charge in [0.15, 0.2) is 0 Å². The van der Waals surface area contributed by atoms with Crippen LogP contribution in [0.4, 0.5) is 4.39 Å². The summed E-state index contributed by atoms with van der Waals surface area (Å²) in [6.45, 7) is 1.49. The van der Waals surface area contributed by atoms with Gasteiger partial charge in [-0.2, -0.15) is 0 Å². The molecule has 0 amide bonds. The minimum atomic E-state index is -0.836. The molecule has 3 rings (SSSR count). The van der Waals surface area contributed by atoms with Crippen LogP contribution in [0, 0.1) is 0 Å². The van der Waals surface area contributed by atoms with Gasteiger partial charge in [0.1, 0.15) is 36.2 Å². The van der Waals surface area contributed by atoms with Crippen molar-refractivity contribution in [3.05, 3.63) is 78.4 Å². The maximum atomic E-state index is 14.9. The highest BCUT2D eigenvalue weighted by molar-refractivity contribution is 5.68. The number of ether oxygens (including phenoxy) is 1. The summed E-state index contributed by atoms with van der Waals surface area (Å²) in [7, 11) is 0. The van der Waals surface area contributed by atoms with Crippen molar-refractivity contribution in [1.29, 1.82) is 0 Å². The Morgan fingerprint density at radius 1 is 1.12 bits per heavy atom. The molecule has 3 atom stereocenters. The monoisotopic (exact) mass is 441 g/mol. The third-order valence-corrected chi connectivity index (χ3v) is 5.02. The van der Waals surface area contributed by atoms with Gasteiger partial charge in [-0.15, -0.1) is 0 Å². The van der Waals surface area contributed by atoms with E-state index < -0.39 is 24.1 Å². The SMILES string of the molecule is C[C@H](O)c1nccn1[C@@H](/C=C(\F)c1ccc(-c2ccc(OC[C@@H](O)CN)cc2)cc1)CO. The second-order valence-corrected chi connectivity index (χ2v) is 7.44. The molecule has 3 aromatic rings. The number of halogens is 1. The second-order valence-electron chi connectivity index (χ2n) is 7.44. The van der Waals surface area contributed by atoms with Crippen molar-refractivity contribution in [3.63, 3.8) is 0 Å². The van der Waals surface area contributed by atoms with Gasteiger partial charge in [-0.1, -0.05) is 36.4 Å². The third-order valence-electron chi connectivity index (χ3n) is 5.02. The number of benzene rings is 2. The molecule has 0 aliphatic heterocycles. The Labute approximate surface area is 186 Å². The summed E-state index contributed by atoms with van der Waals surface area (Å²) >= 11 is 0. The van der Waals surface area contributed by atoms with Gasteiger partial charge in [0.2, 0.25) is 0 Å². The van der Waals surface area contributed by atoms with Crippen LogP contribution in [-0.2, 0) is 0 Å². The Morgan fingerprint density at radius 3 is 2.31 bits per heavy atom. The molecule has 0 spiro atoms. The summed E-state index contributed by atoms with van der Waals surface area (Å²) in [6, 6.07) is 13.6. The molecular formula is C24H28FN3O4. The lowest BCUT2D eigenvalue weighted by atomic mass is 10.0. The van der Waals surface area contributed by atoms with Gasteiger partial charge in [0.05, 0.1) is 12.6 Å². The van der Waals surface area contributed by atoms with E-state index >= 15 is 0 Å². The number of rotatable bonds is 10. The molecule has 1 heterocycles. The average Bonchev–Trinajstić information content (AvgIpc) is 3.31. The van der Waals surface area contributed by atoms with Crippen molar-refractivity contribution >= 4 is 5.83 Å². The van der Waals surface area contributed by atoms with Gasteiger partial charge in [-0.25, -0.2) is 9.37 Å². The van der Waals surface area contributed by atoms with Crippen LogP contribution in [0.15, 0.2) is 67.0 Å². The number of aliphatic hydroxyl groups is 3. The van der Waals surface area contributed by atoms with E-state index in [0.29, 0.717) is 17.1 Å². The number of aromatic nitrogens is 2. The predicted molar refractivity (Wildman–Crippen MR) is 121 cm³/mol. The van der Waals surface area contributed by atoms with Crippen LogP contribution in [-0.4, -0.2) is 50.7 Å². The van der Waals surface area contributed by atoms with E-state index in [-0.39, 0.29) is 19.8 Å². The molecule has 0 aliphatic carbocycles. The summed E-state index contributed by atoms with van der Waals surface area (Å²) in [4.78, 5) is 4.06. The van der Waals surface area contributed by atoms with E-state index in [2.05, 4.69) is 4.98 Å². The van der Waals surface area contributed by atoms with Crippen LogP contribution >= 0.6 is 0 Å². The van der Waals surface area contributed by atoms with E-state index in [0.717, 1.165) is 11.1 Å². The zero-order chi connectivity index (χ0) is 23.1. The Kier molecular flexibility index (Phi) is 8.13. The summed E-state index contributed by atoms with van der Waals surface area (Å²) < 4.78 is 21.9. The number of imidazole rings is 1. The molecule has 8 heteroatoms. The highest BCUT2D eigenvalue weighted by Crippen LogP contribution is 2.27. The summed E-state index contributed by atoms with van der Waals surface area (Å²) in [5.41, 5.74) is 7.57. The van der Waals surface area contributed by atoms with E-state index in [4.69, 9.17) is 10.5 Å². The number of hydrogen-bond donors (Lipinski definition) is 4. The van der Waals surface area contributed by atoms with E-state index in [1.165, 1.54) is 12.3 Å². The molecule has 0 aliphatic rings. The van der Waals surface area contributed by atoms with E-state index in [1.807, 2.05) is 24.3 Å². The first-order chi connectivity index (χ1) is 15.4. The van der Waals surface area contributed by atoms with Gasteiger partial charge in [-0.05, 0) is 36.3 Å². The normalized spacial score (nSPS) is 14.8. The molecular weight excluding hydrogens is 413 g/mol. The van der Waals surface area contributed by atoms with Crippen molar-refractivity contribution in [2.75, 3.05) is 19.8 Å². The average molecular weight is 442 g/mol. The van der Waals surface area contributed by atoms with Crippen LogP contribution in [0.5, 0.6) is 5.75 Å². The molecule has 2 aromatic carbocycles. The summed E-state index contributed by atoms with van der Waals surface area (Å²) in [5.74, 6) is 0.495. The van der Waals surface area contributed by atoms with Gasteiger partial charge in [-0.3, -0.25) is 0 Å². The summed E-state index contributed by atoms with van der Waals surface area (Å²) in [5, 5.41) is 29.0. The first kappa shape index (κ1) is 23.6. The Balaban J connectivity index is 1.72. The molecule has 0 fully saturated rings. The number of hydrogen-bond acceptors (Lipinski definition) is 6. The van der Waals surface area contributed by atoms with E-state index in [1.54, 1.807) is 42.0 Å². The first-order valence-electron chi connectivity index (χ1n) is 10.3. The second kappa shape index (κ2) is 11.0. The number of aliphatic hydroxyl groups excluding tert-OH is 3.